The molecule has 0 bridgehead atoms. The maximum absolute atomic E-state index is 10.1. The third kappa shape index (κ3) is 1.93. The number of hydrogen-bond acceptors (Lipinski definition) is 3. The van der Waals surface area contributed by atoms with Crippen LogP contribution in [0, 0.1) is 0 Å². The van der Waals surface area contributed by atoms with E-state index < -0.39 is 0 Å². The number of nitrogens with zero attached hydrogens (tertiary/aromatic N) is 3. The van der Waals surface area contributed by atoms with Crippen LogP contribution in [0.15, 0.2) is 72.9 Å². The second-order valence-corrected chi connectivity index (χ2v) is 4.99. The van der Waals surface area contributed by atoms with Crippen molar-refractivity contribution in [2.45, 2.75) is 0 Å². The summed E-state index contributed by atoms with van der Waals surface area (Å²) in [6.07, 6.45) is 1.73. The molecule has 0 radical (unpaired) electrons. The van der Waals surface area contributed by atoms with E-state index in [9.17, 15) is 5.11 Å². The number of aromatic nitrogens is 3. The van der Waals surface area contributed by atoms with Crippen LogP contribution in [0.1, 0.15) is 0 Å². The van der Waals surface area contributed by atoms with Gasteiger partial charge in [0.1, 0.15) is 17.1 Å². The Labute approximate surface area is 127 Å². The van der Waals surface area contributed by atoms with Crippen LogP contribution in [-0.4, -0.2) is 19.9 Å². The van der Waals surface area contributed by atoms with Crippen molar-refractivity contribution in [3.8, 4) is 22.7 Å². The Bertz CT molecular complexity index is 945. The number of fused-ring (bicyclic) bond motifs is 1. The summed E-state index contributed by atoms with van der Waals surface area (Å²) in [7, 11) is 0. The van der Waals surface area contributed by atoms with E-state index in [1.807, 2.05) is 54.6 Å². The average molecular weight is 287 g/mol. The molecule has 0 fully saturated rings. The highest BCUT2D eigenvalue weighted by molar-refractivity contribution is 5.92. The predicted octanol–water partition coefficient (Wildman–Crippen LogP) is 3.79. The van der Waals surface area contributed by atoms with E-state index in [-0.39, 0.29) is 5.75 Å². The lowest BCUT2D eigenvalue weighted by molar-refractivity contribution is 0.471. The van der Waals surface area contributed by atoms with Gasteiger partial charge in [-0.2, -0.15) is 5.10 Å². The Morgan fingerprint density at radius 1 is 0.818 bits per heavy atom. The molecule has 2 aromatic heterocycles. The third-order valence-electron chi connectivity index (χ3n) is 3.60. The largest absolute Gasteiger partial charge is 0.506 e. The van der Waals surface area contributed by atoms with Crippen LogP contribution < -0.4 is 0 Å². The molecule has 1 N–H and O–H groups in total. The fourth-order valence-corrected chi connectivity index (χ4v) is 2.57. The molecule has 22 heavy (non-hydrogen) atoms. The molecule has 0 unspecified atom stereocenters. The lowest BCUT2D eigenvalue weighted by atomic mass is 10.1. The van der Waals surface area contributed by atoms with Gasteiger partial charge in [0.2, 0.25) is 0 Å². The number of hydrogen-bond donors (Lipinski definition) is 1. The van der Waals surface area contributed by atoms with E-state index in [0.717, 1.165) is 22.3 Å². The maximum Gasteiger partial charge on any atom is 0.163 e. The highest BCUT2D eigenvalue weighted by atomic mass is 16.3. The van der Waals surface area contributed by atoms with Crippen LogP contribution in [0.2, 0.25) is 0 Å². The summed E-state index contributed by atoms with van der Waals surface area (Å²) in [5.41, 5.74) is 3.22. The normalized spacial score (nSPS) is 10.9. The van der Waals surface area contributed by atoms with Gasteiger partial charge in [0, 0.05) is 17.1 Å². The summed E-state index contributed by atoms with van der Waals surface area (Å²) < 4.78 is 1.69. The number of aromatic hydroxyl groups is 1. The summed E-state index contributed by atoms with van der Waals surface area (Å²) in [5.74, 6) is 0.178. The standard InChI is InChI=1S/C18H13N3O/c22-16-11-5-4-10-15(16)21-18-14(9-6-12-19-18)17(20-21)13-7-2-1-3-8-13/h1-12,22H. The fraction of sp³-hybridized carbons (Fsp3) is 0. The number of benzene rings is 2. The van der Waals surface area contributed by atoms with Gasteiger partial charge in [0.05, 0.1) is 0 Å². The first-order chi connectivity index (χ1) is 10.8. The summed E-state index contributed by atoms with van der Waals surface area (Å²) in [4.78, 5) is 4.43. The van der Waals surface area contributed by atoms with Gasteiger partial charge in [-0.1, -0.05) is 42.5 Å². The van der Waals surface area contributed by atoms with Crippen molar-refractivity contribution >= 4 is 11.0 Å². The zero-order valence-corrected chi connectivity index (χ0v) is 11.7. The summed E-state index contributed by atoms with van der Waals surface area (Å²) in [6.45, 7) is 0. The van der Waals surface area contributed by atoms with Crippen LogP contribution in [0.4, 0.5) is 0 Å². The van der Waals surface area contributed by atoms with E-state index in [0.29, 0.717) is 5.69 Å². The summed E-state index contributed by atoms with van der Waals surface area (Å²) >= 11 is 0. The minimum atomic E-state index is 0.178. The van der Waals surface area contributed by atoms with Crippen molar-refractivity contribution in [2.24, 2.45) is 0 Å². The van der Waals surface area contributed by atoms with Crippen molar-refractivity contribution < 1.29 is 5.11 Å². The quantitative estimate of drug-likeness (QED) is 0.610. The second kappa shape index (κ2) is 5.00. The smallest absolute Gasteiger partial charge is 0.163 e. The number of rotatable bonds is 2. The Morgan fingerprint density at radius 3 is 2.41 bits per heavy atom. The first kappa shape index (κ1) is 12.6. The number of phenolic OH excluding ortho intramolecular Hbond substituents is 1. The van der Waals surface area contributed by atoms with Crippen molar-refractivity contribution in [3.05, 3.63) is 72.9 Å². The lowest BCUT2D eigenvalue weighted by Crippen LogP contribution is -1.97. The van der Waals surface area contributed by atoms with Crippen LogP contribution in [-0.2, 0) is 0 Å². The summed E-state index contributed by atoms with van der Waals surface area (Å²) in [6, 6.07) is 21.0. The van der Waals surface area contributed by atoms with E-state index in [2.05, 4.69) is 10.1 Å². The molecule has 106 valence electrons. The summed E-state index contributed by atoms with van der Waals surface area (Å²) in [5, 5.41) is 15.8. The zero-order chi connectivity index (χ0) is 14.9. The van der Waals surface area contributed by atoms with Crippen molar-refractivity contribution in [2.75, 3.05) is 0 Å². The van der Waals surface area contributed by atoms with Gasteiger partial charge in [-0.3, -0.25) is 0 Å². The molecule has 2 heterocycles. The third-order valence-corrected chi connectivity index (χ3v) is 3.60. The monoisotopic (exact) mass is 287 g/mol. The number of para-hydroxylation sites is 2. The van der Waals surface area contributed by atoms with Crippen molar-refractivity contribution in [3.63, 3.8) is 0 Å². The molecule has 0 amide bonds. The molecule has 4 aromatic rings. The maximum atomic E-state index is 10.1. The van der Waals surface area contributed by atoms with E-state index in [1.54, 1.807) is 23.0 Å². The van der Waals surface area contributed by atoms with E-state index in [1.165, 1.54) is 0 Å². The van der Waals surface area contributed by atoms with Crippen LogP contribution in [0.25, 0.3) is 28.0 Å². The highest BCUT2D eigenvalue weighted by Gasteiger charge is 2.15. The molecule has 0 atom stereocenters. The topological polar surface area (TPSA) is 50.9 Å². The second-order valence-electron chi connectivity index (χ2n) is 4.99. The van der Waals surface area contributed by atoms with Crippen molar-refractivity contribution in [1.82, 2.24) is 14.8 Å². The van der Waals surface area contributed by atoms with E-state index in [4.69, 9.17) is 0 Å². The first-order valence-corrected chi connectivity index (χ1v) is 7.02. The molecule has 4 heteroatoms. The number of phenols is 1. The first-order valence-electron chi connectivity index (χ1n) is 7.02. The van der Waals surface area contributed by atoms with Gasteiger partial charge in [0.25, 0.3) is 0 Å². The Kier molecular flexibility index (Phi) is 2.86. The highest BCUT2D eigenvalue weighted by Crippen LogP contribution is 2.30. The average Bonchev–Trinajstić information content (AvgIpc) is 2.96. The number of pyridine rings is 1. The van der Waals surface area contributed by atoms with Gasteiger partial charge in [-0.15, -0.1) is 0 Å². The van der Waals surface area contributed by atoms with Gasteiger partial charge >= 0.3 is 0 Å². The minimum Gasteiger partial charge on any atom is -0.506 e. The van der Waals surface area contributed by atoms with Gasteiger partial charge in [-0.05, 0) is 24.3 Å². The molecule has 0 saturated heterocycles. The molecule has 0 aliphatic rings. The molecular weight excluding hydrogens is 274 g/mol. The zero-order valence-electron chi connectivity index (χ0n) is 11.7. The molecule has 2 aromatic carbocycles. The van der Waals surface area contributed by atoms with Gasteiger partial charge in [0.15, 0.2) is 5.65 Å². The van der Waals surface area contributed by atoms with E-state index >= 15 is 0 Å². The van der Waals surface area contributed by atoms with Crippen LogP contribution in [0.3, 0.4) is 0 Å². The van der Waals surface area contributed by atoms with Gasteiger partial charge < -0.3 is 5.11 Å². The molecule has 4 nitrogen and oxygen atoms in total. The molecule has 0 aliphatic heterocycles. The predicted molar refractivity (Wildman–Crippen MR) is 86.0 cm³/mol. The lowest BCUT2D eigenvalue weighted by Gasteiger charge is -2.04. The molecule has 4 rings (SSSR count). The van der Waals surface area contributed by atoms with Crippen molar-refractivity contribution in [1.29, 1.82) is 0 Å². The SMILES string of the molecule is Oc1ccccc1-n1nc(-c2ccccc2)c2cccnc21. The molecule has 0 spiro atoms. The fourth-order valence-electron chi connectivity index (χ4n) is 2.57. The van der Waals surface area contributed by atoms with Crippen LogP contribution in [0.5, 0.6) is 5.75 Å². The minimum absolute atomic E-state index is 0.178. The molecule has 0 aliphatic carbocycles. The molecular formula is C18H13N3O. The van der Waals surface area contributed by atoms with Gasteiger partial charge in [-0.25, -0.2) is 9.67 Å². The Morgan fingerprint density at radius 2 is 1.59 bits per heavy atom. The van der Waals surface area contributed by atoms with Crippen LogP contribution >= 0.6 is 0 Å². The Hall–Kier alpha value is -3.14. The molecule has 0 saturated carbocycles. The Balaban J connectivity index is 2.04.